The van der Waals surface area contributed by atoms with Gasteiger partial charge in [-0.2, -0.15) is 4.68 Å². The predicted octanol–water partition coefficient (Wildman–Crippen LogP) is 3.99. The third kappa shape index (κ3) is 5.29. The molecule has 0 aliphatic carbocycles. The monoisotopic (exact) mass is 381 g/mol. The van der Waals surface area contributed by atoms with Crippen LogP contribution in [0.3, 0.4) is 0 Å². The van der Waals surface area contributed by atoms with Crippen LogP contribution >= 0.6 is 0 Å². The molecule has 0 saturated heterocycles. The molecule has 0 saturated carbocycles. The highest BCUT2D eigenvalue weighted by Crippen LogP contribution is 2.32. The van der Waals surface area contributed by atoms with E-state index in [2.05, 4.69) is 34.7 Å². The first-order chi connectivity index (χ1) is 13.7. The molecule has 3 rings (SSSR count). The first-order valence-electron chi connectivity index (χ1n) is 9.65. The standard InChI is InChI=1S/C21H27N5O2/c1-4-27-20-14-17(15-22-13-12-16(2)3)10-11-19(20)28-21-23-24-25-26(21)18-8-6-5-7-9-18/h5-11,14,16,22H,4,12-13,15H2,1-3H3. The summed E-state index contributed by atoms with van der Waals surface area (Å²) in [7, 11) is 0. The zero-order valence-corrected chi connectivity index (χ0v) is 16.6. The molecule has 1 aromatic heterocycles. The van der Waals surface area contributed by atoms with Gasteiger partial charge in [0.1, 0.15) is 0 Å². The summed E-state index contributed by atoms with van der Waals surface area (Å²) in [4.78, 5) is 0. The number of nitrogens with one attached hydrogen (secondary N) is 1. The van der Waals surface area contributed by atoms with E-state index in [9.17, 15) is 0 Å². The summed E-state index contributed by atoms with van der Waals surface area (Å²) < 4.78 is 13.3. The molecule has 0 aliphatic heterocycles. The summed E-state index contributed by atoms with van der Waals surface area (Å²) in [5, 5.41) is 15.2. The third-order valence-electron chi connectivity index (χ3n) is 4.18. The summed E-state index contributed by atoms with van der Waals surface area (Å²) >= 11 is 0. The van der Waals surface area contributed by atoms with Gasteiger partial charge in [0.05, 0.1) is 12.3 Å². The Labute approximate surface area is 165 Å². The fourth-order valence-corrected chi connectivity index (χ4v) is 2.71. The van der Waals surface area contributed by atoms with E-state index in [4.69, 9.17) is 9.47 Å². The molecular formula is C21H27N5O2. The smallest absolute Gasteiger partial charge is 0.346 e. The number of hydrogen-bond acceptors (Lipinski definition) is 6. The Balaban J connectivity index is 1.74. The summed E-state index contributed by atoms with van der Waals surface area (Å²) in [5.41, 5.74) is 1.97. The highest BCUT2D eigenvalue weighted by Gasteiger charge is 2.14. The molecular weight excluding hydrogens is 354 g/mol. The van der Waals surface area contributed by atoms with Gasteiger partial charge in [-0.1, -0.05) is 43.2 Å². The highest BCUT2D eigenvalue weighted by atomic mass is 16.5. The molecule has 0 atom stereocenters. The van der Waals surface area contributed by atoms with E-state index in [0.717, 1.165) is 30.8 Å². The van der Waals surface area contributed by atoms with Crippen LogP contribution in [0, 0.1) is 5.92 Å². The van der Waals surface area contributed by atoms with Crippen molar-refractivity contribution in [3.05, 3.63) is 54.1 Å². The Morgan fingerprint density at radius 3 is 2.64 bits per heavy atom. The molecule has 7 nitrogen and oxygen atoms in total. The van der Waals surface area contributed by atoms with Crippen molar-refractivity contribution >= 4 is 0 Å². The number of nitrogens with zero attached hydrogens (tertiary/aromatic N) is 4. The first-order valence-corrected chi connectivity index (χ1v) is 9.65. The third-order valence-corrected chi connectivity index (χ3v) is 4.18. The molecule has 148 valence electrons. The van der Waals surface area contributed by atoms with Crippen LogP contribution in [-0.2, 0) is 6.54 Å². The largest absolute Gasteiger partial charge is 0.490 e. The van der Waals surface area contributed by atoms with Gasteiger partial charge in [0.15, 0.2) is 11.5 Å². The topological polar surface area (TPSA) is 74.1 Å². The molecule has 0 radical (unpaired) electrons. The second-order valence-corrected chi connectivity index (χ2v) is 6.88. The first kappa shape index (κ1) is 19.8. The second-order valence-electron chi connectivity index (χ2n) is 6.88. The van der Waals surface area contributed by atoms with E-state index < -0.39 is 0 Å². The maximum Gasteiger partial charge on any atom is 0.346 e. The van der Waals surface area contributed by atoms with Gasteiger partial charge < -0.3 is 14.8 Å². The lowest BCUT2D eigenvalue weighted by Crippen LogP contribution is -2.16. The van der Waals surface area contributed by atoms with Crippen molar-refractivity contribution < 1.29 is 9.47 Å². The lowest BCUT2D eigenvalue weighted by molar-refractivity contribution is 0.315. The molecule has 3 aromatic rings. The average molecular weight is 381 g/mol. The summed E-state index contributed by atoms with van der Waals surface area (Å²) in [6.07, 6.45) is 1.15. The van der Waals surface area contributed by atoms with Crippen LogP contribution in [0.2, 0.25) is 0 Å². The van der Waals surface area contributed by atoms with E-state index in [0.29, 0.717) is 24.0 Å². The molecule has 0 aliphatic rings. The number of para-hydroxylation sites is 1. The lowest BCUT2D eigenvalue weighted by Gasteiger charge is -2.13. The molecule has 0 unspecified atom stereocenters. The fourth-order valence-electron chi connectivity index (χ4n) is 2.71. The van der Waals surface area contributed by atoms with E-state index in [-0.39, 0.29) is 6.01 Å². The predicted molar refractivity (Wildman–Crippen MR) is 108 cm³/mol. The summed E-state index contributed by atoms with van der Waals surface area (Å²) in [6.45, 7) is 8.73. The van der Waals surface area contributed by atoms with Gasteiger partial charge in [0, 0.05) is 6.54 Å². The Morgan fingerprint density at radius 2 is 1.89 bits per heavy atom. The van der Waals surface area contributed by atoms with Gasteiger partial charge in [0.2, 0.25) is 0 Å². The van der Waals surface area contributed by atoms with Crippen LogP contribution in [0.15, 0.2) is 48.5 Å². The average Bonchev–Trinajstić information content (AvgIpc) is 3.16. The molecule has 28 heavy (non-hydrogen) atoms. The minimum Gasteiger partial charge on any atom is -0.490 e. The van der Waals surface area contributed by atoms with Crippen molar-refractivity contribution in [2.24, 2.45) is 5.92 Å². The minimum absolute atomic E-state index is 0.287. The van der Waals surface area contributed by atoms with Gasteiger partial charge in [-0.05, 0) is 66.1 Å². The van der Waals surface area contributed by atoms with Crippen molar-refractivity contribution in [1.29, 1.82) is 0 Å². The van der Waals surface area contributed by atoms with Gasteiger partial charge in [-0.25, -0.2) is 0 Å². The summed E-state index contributed by atoms with van der Waals surface area (Å²) in [6, 6.07) is 15.8. The summed E-state index contributed by atoms with van der Waals surface area (Å²) in [5.74, 6) is 1.95. The Morgan fingerprint density at radius 1 is 1.07 bits per heavy atom. The maximum absolute atomic E-state index is 5.98. The van der Waals surface area contributed by atoms with Crippen molar-refractivity contribution in [3.63, 3.8) is 0 Å². The molecule has 2 aromatic carbocycles. The number of ether oxygens (including phenoxy) is 2. The molecule has 0 spiro atoms. The van der Waals surface area contributed by atoms with Gasteiger partial charge in [-0.3, -0.25) is 0 Å². The minimum atomic E-state index is 0.287. The number of benzene rings is 2. The number of aromatic nitrogens is 4. The molecule has 7 heteroatoms. The number of rotatable bonds is 10. The fraction of sp³-hybridized carbons (Fsp3) is 0.381. The van der Waals surface area contributed by atoms with E-state index >= 15 is 0 Å². The molecule has 0 fully saturated rings. The second kappa shape index (κ2) is 9.85. The van der Waals surface area contributed by atoms with Crippen molar-refractivity contribution in [1.82, 2.24) is 25.5 Å². The normalized spacial score (nSPS) is 11.0. The number of tetrazole rings is 1. The molecule has 1 N–H and O–H groups in total. The Bertz CT molecular complexity index is 864. The highest BCUT2D eigenvalue weighted by molar-refractivity contribution is 5.44. The van der Waals surface area contributed by atoms with Crippen LogP contribution in [0.1, 0.15) is 32.8 Å². The number of hydrogen-bond donors (Lipinski definition) is 1. The zero-order chi connectivity index (χ0) is 19.8. The van der Waals surface area contributed by atoms with E-state index in [1.54, 1.807) is 4.68 Å². The van der Waals surface area contributed by atoms with Crippen molar-refractivity contribution in [2.75, 3.05) is 13.2 Å². The van der Waals surface area contributed by atoms with Crippen LogP contribution in [0.25, 0.3) is 5.69 Å². The van der Waals surface area contributed by atoms with Crippen LogP contribution < -0.4 is 14.8 Å². The quantitative estimate of drug-likeness (QED) is 0.535. The zero-order valence-electron chi connectivity index (χ0n) is 16.6. The SMILES string of the molecule is CCOc1cc(CNCCC(C)C)ccc1Oc1nnnn1-c1ccccc1. The van der Waals surface area contributed by atoms with Crippen LogP contribution in [-0.4, -0.2) is 33.4 Å². The van der Waals surface area contributed by atoms with Crippen LogP contribution in [0.4, 0.5) is 0 Å². The van der Waals surface area contributed by atoms with E-state index in [1.165, 1.54) is 0 Å². The van der Waals surface area contributed by atoms with Gasteiger partial charge in [-0.15, -0.1) is 0 Å². The Hall–Kier alpha value is -2.93. The maximum atomic E-state index is 5.98. The van der Waals surface area contributed by atoms with E-state index in [1.807, 2.05) is 55.5 Å². The molecule has 1 heterocycles. The van der Waals surface area contributed by atoms with Gasteiger partial charge in [0.25, 0.3) is 0 Å². The van der Waals surface area contributed by atoms with Crippen LogP contribution in [0.5, 0.6) is 17.5 Å². The molecule has 0 bridgehead atoms. The Kier molecular flexibility index (Phi) is 6.97. The van der Waals surface area contributed by atoms with Gasteiger partial charge >= 0.3 is 6.01 Å². The van der Waals surface area contributed by atoms with Crippen molar-refractivity contribution in [2.45, 2.75) is 33.7 Å². The lowest BCUT2D eigenvalue weighted by atomic mass is 10.1. The van der Waals surface area contributed by atoms with Crippen molar-refractivity contribution in [3.8, 4) is 23.2 Å². The molecule has 0 amide bonds.